The average molecular weight is 377 g/mol. The molecule has 28 heavy (non-hydrogen) atoms. The highest BCUT2D eigenvalue weighted by Gasteiger charge is 2.44. The van der Waals surface area contributed by atoms with Gasteiger partial charge in [-0.2, -0.15) is 0 Å². The molecule has 2 aromatic rings. The molecular formula is C24H28N2O2. The molecule has 0 spiro atoms. The molecule has 1 aliphatic carbocycles. The normalized spacial score (nSPS) is 19.9. The van der Waals surface area contributed by atoms with E-state index in [1.165, 1.54) is 18.4 Å². The second-order valence-electron chi connectivity index (χ2n) is 7.87. The number of hydrogen-bond donors (Lipinski definition) is 1. The Morgan fingerprint density at radius 1 is 0.929 bits per heavy atom. The van der Waals surface area contributed by atoms with Crippen LogP contribution in [0.15, 0.2) is 54.6 Å². The molecule has 0 saturated heterocycles. The van der Waals surface area contributed by atoms with Crippen LogP contribution in [0.25, 0.3) is 0 Å². The summed E-state index contributed by atoms with van der Waals surface area (Å²) in [4.78, 5) is 28.2. The second-order valence-corrected chi connectivity index (χ2v) is 7.87. The highest BCUT2D eigenvalue weighted by atomic mass is 16.2. The van der Waals surface area contributed by atoms with Gasteiger partial charge in [-0.25, -0.2) is 0 Å². The summed E-state index contributed by atoms with van der Waals surface area (Å²) in [7, 11) is 0. The van der Waals surface area contributed by atoms with Crippen LogP contribution in [0, 0.1) is 0 Å². The molecule has 1 atom stereocenters. The number of benzene rings is 2. The van der Waals surface area contributed by atoms with Crippen molar-refractivity contribution < 1.29 is 9.59 Å². The van der Waals surface area contributed by atoms with Crippen LogP contribution in [0.4, 0.5) is 0 Å². The van der Waals surface area contributed by atoms with E-state index in [2.05, 4.69) is 17.4 Å². The fourth-order valence-corrected chi connectivity index (χ4v) is 4.59. The first-order chi connectivity index (χ1) is 13.8. The van der Waals surface area contributed by atoms with Crippen molar-refractivity contribution in [3.05, 3.63) is 71.3 Å². The molecule has 2 aromatic carbocycles. The molecule has 1 N–H and O–H groups in total. The topological polar surface area (TPSA) is 49.4 Å². The molecule has 4 nitrogen and oxygen atoms in total. The molecule has 1 heterocycles. The summed E-state index contributed by atoms with van der Waals surface area (Å²) < 4.78 is 0. The van der Waals surface area contributed by atoms with E-state index in [1.54, 1.807) is 0 Å². The molecule has 1 saturated carbocycles. The van der Waals surface area contributed by atoms with Gasteiger partial charge in [0.15, 0.2) is 0 Å². The van der Waals surface area contributed by atoms with Crippen LogP contribution < -0.4 is 5.32 Å². The Hall–Kier alpha value is -2.62. The highest BCUT2D eigenvalue weighted by molar-refractivity contribution is 6.04. The number of nitrogens with zero attached hydrogens (tertiary/aromatic N) is 1. The number of fused-ring (bicyclic) bond motifs is 1. The Balaban J connectivity index is 1.52. The fraction of sp³-hybridized carbons (Fsp3) is 0.417. The number of nitrogens with one attached hydrogen (secondary N) is 1. The van der Waals surface area contributed by atoms with E-state index >= 15 is 0 Å². The lowest BCUT2D eigenvalue weighted by Gasteiger charge is -2.32. The number of carbonyl (C=O) groups excluding carboxylic acids is 2. The Morgan fingerprint density at radius 2 is 1.61 bits per heavy atom. The van der Waals surface area contributed by atoms with E-state index < -0.39 is 6.04 Å². The van der Waals surface area contributed by atoms with Gasteiger partial charge in [0.05, 0.1) is 0 Å². The Labute approximate surface area is 166 Å². The van der Waals surface area contributed by atoms with E-state index in [-0.39, 0.29) is 17.9 Å². The molecule has 0 aromatic heterocycles. The molecule has 146 valence electrons. The lowest BCUT2D eigenvalue weighted by molar-refractivity contribution is -0.126. The summed E-state index contributed by atoms with van der Waals surface area (Å²) in [5.74, 6) is -0.0378. The van der Waals surface area contributed by atoms with Crippen LogP contribution in [0.1, 0.15) is 66.1 Å². The monoisotopic (exact) mass is 376 g/mol. The number of hydrogen-bond acceptors (Lipinski definition) is 2. The molecule has 2 amide bonds. The molecule has 4 rings (SSSR count). The van der Waals surface area contributed by atoms with E-state index in [4.69, 9.17) is 0 Å². The summed E-state index contributed by atoms with van der Waals surface area (Å²) in [5.41, 5.74) is 2.75. The number of rotatable bonds is 5. The van der Waals surface area contributed by atoms with Gasteiger partial charge in [-0.05, 0) is 36.5 Å². The van der Waals surface area contributed by atoms with Gasteiger partial charge in [0.1, 0.15) is 6.04 Å². The first-order valence-electron chi connectivity index (χ1n) is 10.5. The van der Waals surface area contributed by atoms with Crippen molar-refractivity contribution in [1.82, 2.24) is 10.2 Å². The van der Waals surface area contributed by atoms with E-state index in [9.17, 15) is 9.59 Å². The third-order valence-corrected chi connectivity index (χ3v) is 6.02. The van der Waals surface area contributed by atoms with Crippen molar-refractivity contribution in [1.29, 1.82) is 0 Å². The first-order valence-corrected chi connectivity index (χ1v) is 10.5. The number of amides is 2. The Morgan fingerprint density at radius 3 is 2.36 bits per heavy atom. The summed E-state index contributed by atoms with van der Waals surface area (Å²) >= 11 is 0. The number of carbonyl (C=O) groups is 2. The predicted octanol–water partition coefficient (Wildman–Crippen LogP) is 4.27. The van der Waals surface area contributed by atoms with E-state index in [1.807, 2.05) is 47.4 Å². The van der Waals surface area contributed by atoms with Gasteiger partial charge in [0.25, 0.3) is 5.91 Å². The van der Waals surface area contributed by atoms with Gasteiger partial charge in [-0.3, -0.25) is 9.59 Å². The highest BCUT2D eigenvalue weighted by Crippen LogP contribution is 2.38. The maximum absolute atomic E-state index is 13.2. The lowest BCUT2D eigenvalue weighted by atomic mass is 10.0. The van der Waals surface area contributed by atoms with E-state index in [0.29, 0.717) is 12.1 Å². The van der Waals surface area contributed by atoms with E-state index in [0.717, 1.165) is 37.7 Å². The second kappa shape index (κ2) is 8.59. The maximum atomic E-state index is 13.2. The van der Waals surface area contributed by atoms with Gasteiger partial charge in [0, 0.05) is 18.2 Å². The van der Waals surface area contributed by atoms with Crippen molar-refractivity contribution in [2.75, 3.05) is 6.54 Å². The molecule has 0 bridgehead atoms. The minimum atomic E-state index is -0.498. The van der Waals surface area contributed by atoms with Crippen molar-refractivity contribution in [2.24, 2.45) is 0 Å². The van der Waals surface area contributed by atoms with Crippen LogP contribution in [-0.4, -0.2) is 29.3 Å². The quantitative estimate of drug-likeness (QED) is 0.793. The SMILES string of the molecule is O=C(NCCc1ccccc1)[C@@H]1c2ccccc2C(=O)N1C1CCCCCC1. The molecule has 0 radical (unpaired) electrons. The molecule has 1 aliphatic heterocycles. The zero-order valence-corrected chi connectivity index (χ0v) is 16.3. The van der Waals surface area contributed by atoms with Gasteiger partial charge >= 0.3 is 0 Å². The fourth-order valence-electron chi connectivity index (χ4n) is 4.59. The van der Waals surface area contributed by atoms with Crippen molar-refractivity contribution in [3.8, 4) is 0 Å². The summed E-state index contributed by atoms with van der Waals surface area (Å²) in [6.45, 7) is 0.578. The maximum Gasteiger partial charge on any atom is 0.255 e. The standard InChI is InChI=1S/C24H28N2O2/c27-23(25-17-16-18-10-4-3-5-11-18)22-20-14-8-9-15-21(20)24(28)26(22)19-12-6-1-2-7-13-19/h3-5,8-11,14-15,19,22H,1-2,6-7,12-13,16-17H2,(H,25,27)/t22-/m0/s1. The Kier molecular flexibility index (Phi) is 5.75. The minimum absolute atomic E-state index is 0.0192. The summed E-state index contributed by atoms with van der Waals surface area (Å²) in [6, 6.07) is 17.4. The molecule has 2 aliphatic rings. The largest absolute Gasteiger partial charge is 0.354 e. The first kappa shape index (κ1) is 18.7. The van der Waals surface area contributed by atoms with Crippen molar-refractivity contribution >= 4 is 11.8 Å². The third kappa shape index (κ3) is 3.82. The summed E-state index contributed by atoms with van der Waals surface area (Å²) in [6.07, 6.45) is 7.48. The zero-order chi connectivity index (χ0) is 19.3. The van der Waals surface area contributed by atoms with Crippen LogP contribution in [0.5, 0.6) is 0 Å². The summed E-state index contributed by atoms with van der Waals surface area (Å²) in [5, 5.41) is 3.09. The predicted molar refractivity (Wildman–Crippen MR) is 110 cm³/mol. The van der Waals surface area contributed by atoms with Gasteiger partial charge in [-0.1, -0.05) is 74.2 Å². The van der Waals surface area contributed by atoms with Crippen LogP contribution in [0.3, 0.4) is 0 Å². The molecular weight excluding hydrogens is 348 g/mol. The molecule has 0 unspecified atom stereocenters. The molecule has 1 fully saturated rings. The molecule has 4 heteroatoms. The van der Waals surface area contributed by atoms with Gasteiger partial charge < -0.3 is 10.2 Å². The van der Waals surface area contributed by atoms with Crippen LogP contribution >= 0.6 is 0 Å². The average Bonchev–Trinajstić information content (AvgIpc) is 2.88. The van der Waals surface area contributed by atoms with Crippen LogP contribution in [-0.2, 0) is 11.2 Å². The van der Waals surface area contributed by atoms with Gasteiger partial charge in [-0.15, -0.1) is 0 Å². The third-order valence-electron chi connectivity index (χ3n) is 6.02. The lowest BCUT2D eigenvalue weighted by Crippen LogP contribution is -2.45. The smallest absolute Gasteiger partial charge is 0.255 e. The van der Waals surface area contributed by atoms with Crippen LogP contribution in [0.2, 0.25) is 0 Å². The van der Waals surface area contributed by atoms with Gasteiger partial charge in [0.2, 0.25) is 5.91 Å². The Bertz CT molecular complexity index is 826. The van der Waals surface area contributed by atoms with Crippen molar-refractivity contribution in [3.63, 3.8) is 0 Å². The van der Waals surface area contributed by atoms with Crippen molar-refractivity contribution in [2.45, 2.75) is 57.0 Å². The zero-order valence-electron chi connectivity index (χ0n) is 16.3. The minimum Gasteiger partial charge on any atom is -0.354 e.